The number of ether oxygens (including phenoxy) is 2. The first-order chi connectivity index (χ1) is 13.7. The highest BCUT2D eigenvalue weighted by Gasteiger charge is 2.34. The highest BCUT2D eigenvalue weighted by Crippen LogP contribution is 2.27. The smallest absolute Gasteiger partial charge is 0.267 e. The zero-order chi connectivity index (χ0) is 19.5. The third-order valence-corrected chi connectivity index (χ3v) is 5.61. The number of carbonyl (C=O) groups excluding carboxylic acids is 1. The second-order valence-corrected chi connectivity index (χ2v) is 7.43. The van der Waals surface area contributed by atoms with Crippen LogP contribution >= 0.6 is 0 Å². The van der Waals surface area contributed by atoms with Gasteiger partial charge in [0.05, 0.1) is 32.1 Å². The van der Waals surface area contributed by atoms with E-state index in [4.69, 9.17) is 9.47 Å². The quantitative estimate of drug-likeness (QED) is 0.856. The molecule has 7 nitrogen and oxygen atoms in total. The van der Waals surface area contributed by atoms with Gasteiger partial charge < -0.3 is 14.8 Å². The third kappa shape index (κ3) is 3.80. The molecule has 2 aliphatic rings. The number of nitrogens with zero attached hydrogens (tertiary/aromatic N) is 2. The Morgan fingerprint density at radius 3 is 2.82 bits per heavy atom. The highest BCUT2D eigenvalue weighted by atomic mass is 16.5. The molecule has 4 rings (SSSR count). The standard InChI is InChI=1S/C21H25N3O4/c1-27-16-8-4-7-15(11-16)17-9-10-20(25)24(23-17)19-13-28-12-18(19)22-21(26)14-5-2-3-6-14/h4,7-11,14,18-19H,2-3,5-6,12-13H2,1H3,(H,22,26). The molecule has 0 spiro atoms. The summed E-state index contributed by atoms with van der Waals surface area (Å²) in [7, 11) is 1.61. The van der Waals surface area contributed by atoms with Gasteiger partial charge in [0.25, 0.3) is 5.56 Å². The Hall–Kier alpha value is -2.67. The van der Waals surface area contributed by atoms with E-state index in [9.17, 15) is 9.59 Å². The van der Waals surface area contributed by atoms with Gasteiger partial charge in [0.1, 0.15) is 11.8 Å². The van der Waals surface area contributed by atoms with Crippen LogP contribution in [0.5, 0.6) is 5.75 Å². The summed E-state index contributed by atoms with van der Waals surface area (Å²) >= 11 is 0. The molecule has 2 heterocycles. The van der Waals surface area contributed by atoms with Gasteiger partial charge in [-0.2, -0.15) is 5.10 Å². The lowest BCUT2D eigenvalue weighted by atomic mass is 10.1. The van der Waals surface area contributed by atoms with E-state index in [0.29, 0.717) is 18.9 Å². The molecule has 0 radical (unpaired) electrons. The van der Waals surface area contributed by atoms with Crippen LogP contribution in [0.2, 0.25) is 0 Å². The molecule has 2 unspecified atom stereocenters. The molecular formula is C21H25N3O4. The molecular weight excluding hydrogens is 358 g/mol. The van der Waals surface area contributed by atoms with Crippen LogP contribution in [-0.4, -0.2) is 42.1 Å². The van der Waals surface area contributed by atoms with E-state index in [1.165, 1.54) is 10.7 Å². The van der Waals surface area contributed by atoms with Gasteiger partial charge >= 0.3 is 0 Å². The van der Waals surface area contributed by atoms with Crippen LogP contribution in [-0.2, 0) is 9.53 Å². The summed E-state index contributed by atoms with van der Waals surface area (Å²) in [5, 5.41) is 7.66. The molecule has 1 saturated heterocycles. The van der Waals surface area contributed by atoms with E-state index in [0.717, 1.165) is 37.0 Å². The molecule has 2 aromatic rings. The summed E-state index contributed by atoms with van der Waals surface area (Å²) in [6.45, 7) is 0.741. The normalized spacial score (nSPS) is 22.3. The maximum atomic E-state index is 12.5. The maximum absolute atomic E-state index is 12.5. The largest absolute Gasteiger partial charge is 0.497 e. The first kappa shape index (κ1) is 18.7. The topological polar surface area (TPSA) is 82.5 Å². The predicted octanol–water partition coefficient (Wildman–Crippen LogP) is 2.17. The minimum Gasteiger partial charge on any atom is -0.497 e. The third-order valence-electron chi connectivity index (χ3n) is 5.61. The summed E-state index contributed by atoms with van der Waals surface area (Å²) < 4.78 is 12.3. The average molecular weight is 383 g/mol. The molecule has 1 aliphatic heterocycles. The van der Waals surface area contributed by atoms with E-state index in [1.807, 2.05) is 24.3 Å². The summed E-state index contributed by atoms with van der Waals surface area (Å²) in [4.78, 5) is 25.0. The van der Waals surface area contributed by atoms with Crippen molar-refractivity contribution in [3.8, 4) is 17.0 Å². The lowest BCUT2D eigenvalue weighted by molar-refractivity contribution is -0.125. The van der Waals surface area contributed by atoms with E-state index >= 15 is 0 Å². The second-order valence-electron chi connectivity index (χ2n) is 7.43. The van der Waals surface area contributed by atoms with E-state index in [2.05, 4.69) is 10.4 Å². The molecule has 1 N–H and O–H groups in total. The van der Waals surface area contributed by atoms with Gasteiger partial charge in [-0.15, -0.1) is 0 Å². The summed E-state index contributed by atoms with van der Waals surface area (Å²) in [5.41, 5.74) is 1.33. The van der Waals surface area contributed by atoms with Gasteiger partial charge in [0.2, 0.25) is 5.91 Å². The SMILES string of the molecule is COc1cccc(-c2ccc(=O)n(C3COCC3NC(=O)C3CCCC3)n2)c1. The van der Waals surface area contributed by atoms with Gasteiger partial charge in [-0.25, -0.2) is 4.68 Å². The maximum Gasteiger partial charge on any atom is 0.267 e. The molecule has 1 aromatic heterocycles. The molecule has 2 fully saturated rings. The Morgan fingerprint density at radius 1 is 1.21 bits per heavy atom. The molecule has 2 atom stereocenters. The van der Waals surface area contributed by atoms with E-state index in [1.54, 1.807) is 13.2 Å². The van der Waals surface area contributed by atoms with Crippen LogP contribution in [0.4, 0.5) is 0 Å². The van der Waals surface area contributed by atoms with Crippen LogP contribution in [0.15, 0.2) is 41.2 Å². The number of aromatic nitrogens is 2. The number of amides is 1. The summed E-state index contributed by atoms with van der Waals surface area (Å²) in [5.74, 6) is 0.868. The van der Waals surface area contributed by atoms with Crippen LogP contribution < -0.4 is 15.6 Å². The second kappa shape index (κ2) is 8.14. The van der Waals surface area contributed by atoms with Crippen molar-refractivity contribution in [1.82, 2.24) is 15.1 Å². The Morgan fingerprint density at radius 2 is 2.04 bits per heavy atom. The molecule has 1 aromatic carbocycles. The zero-order valence-corrected chi connectivity index (χ0v) is 16.0. The van der Waals surface area contributed by atoms with Crippen molar-refractivity contribution in [2.75, 3.05) is 20.3 Å². The highest BCUT2D eigenvalue weighted by molar-refractivity contribution is 5.79. The van der Waals surface area contributed by atoms with E-state index in [-0.39, 0.29) is 29.5 Å². The van der Waals surface area contributed by atoms with Gasteiger partial charge in [0, 0.05) is 17.5 Å². The average Bonchev–Trinajstić information content (AvgIpc) is 3.40. The van der Waals surface area contributed by atoms with Crippen molar-refractivity contribution in [2.45, 2.75) is 37.8 Å². The first-order valence-corrected chi connectivity index (χ1v) is 9.78. The predicted molar refractivity (Wildman–Crippen MR) is 104 cm³/mol. The molecule has 1 saturated carbocycles. The summed E-state index contributed by atoms with van der Waals surface area (Å²) in [6, 6.07) is 10.2. The number of rotatable bonds is 5. The lowest BCUT2D eigenvalue weighted by Crippen LogP contribution is -2.45. The first-order valence-electron chi connectivity index (χ1n) is 9.78. The van der Waals surface area contributed by atoms with Crippen molar-refractivity contribution < 1.29 is 14.3 Å². The van der Waals surface area contributed by atoms with Crippen molar-refractivity contribution in [3.63, 3.8) is 0 Å². The number of benzene rings is 1. The number of hydrogen-bond donors (Lipinski definition) is 1. The number of nitrogens with one attached hydrogen (secondary N) is 1. The van der Waals surface area contributed by atoms with Gasteiger partial charge in [-0.1, -0.05) is 25.0 Å². The Kier molecular flexibility index (Phi) is 5.43. The fourth-order valence-corrected chi connectivity index (χ4v) is 4.01. The molecule has 0 bridgehead atoms. The molecule has 28 heavy (non-hydrogen) atoms. The van der Waals surface area contributed by atoms with Gasteiger partial charge in [-0.05, 0) is 31.0 Å². The van der Waals surface area contributed by atoms with Crippen molar-refractivity contribution >= 4 is 5.91 Å². The van der Waals surface area contributed by atoms with Crippen LogP contribution in [0.1, 0.15) is 31.7 Å². The van der Waals surface area contributed by atoms with Crippen LogP contribution in [0.25, 0.3) is 11.3 Å². The van der Waals surface area contributed by atoms with Crippen molar-refractivity contribution in [2.24, 2.45) is 5.92 Å². The minimum absolute atomic E-state index is 0.0648. The fraction of sp³-hybridized carbons (Fsp3) is 0.476. The van der Waals surface area contributed by atoms with Crippen molar-refractivity contribution in [1.29, 1.82) is 0 Å². The zero-order valence-electron chi connectivity index (χ0n) is 16.0. The van der Waals surface area contributed by atoms with Crippen molar-refractivity contribution in [3.05, 3.63) is 46.8 Å². The molecule has 1 amide bonds. The van der Waals surface area contributed by atoms with Gasteiger partial charge in [0.15, 0.2) is 0 Å². The van der Waals surface area contributed by atoms with Crippen LogP contribution in [0.3, 0.4) is 0 Å². The molecule has 148 valence electrons. The monoisotopic (exact) mass is 383 g/mol. The summed E-state index contributed by atoms with van der Waals surface area (Å²) in [6.07, 6.45) is 4.08. The Balaban J connectivity index is 1.58. The molecule has 7 heteroatoms. The lowest BCUT2D eigenvalue weighted by Gasteiger charge is -2.22. The molecule has 1 aliphatic carbocycles. The Labute approximate surface area is 163 Å². The number of hydrogen-bond acceptors (Lipinski definition) is 5. The minimum atomic E-state index is -0.316. The Bertz CT molecular complexity index is 905. The van der Waals surface area contributed by atoms with E-state index < -0.39 is 0 Å². The number of carbonyl (C=O) groups is 1. The van der Waals surface area contributed by atoms with Crippen LogP contribution in [0, 0.1) is 5.92 Å². The van der Waals surface area contributed by atoms with Gasteiger partial charge in [-0.3, -0.25) is 9.59 Å². The fourth-order valence-electron chi connectivity index (χ4n) is 4.01. The number of methoxy groups -OCH3 is 1.